The lowest BCUT2D eigenvalue weighted by Crippen LogP contribution is -1.96. The SMILES string of the molecule is O=CO.O=c1ccoc2ccccc12. The molecule has 2 aromatic rings. The van der Waals surface area contributed by atoms with Crippen molar-refractivity contribution >= 4 is 17.4 Å². The molecule has 1 aromatic carbocycles. The van der Waals surface area contributed by atoms with E-state index in [-0.39, 0.29) is 11.9 Å². The van der Waals surface area contributed by atoms with Crippen LogP contribution in [0.1, 0.15) is 0 Å². The zero-order chi connectivity index (χ0) is 10.4. The summed E-state index contributed by atoms with van der Waals surface area (Å²) in [5.74, 6) is 0. The van der Waals surface area contributed by atoms with Crippen LogP contribution in [0, 0.1) is 0 Å². The third-order valence-electron chi connectivity index (χ3n) is 1.57. The minimum atomic E-state index is -0.250. The molecule has 0 fully saturated rings. The van der Waals surface area contributed by atoms with Gasteiger partial charge in [-0.2, -0.15) is 0 Å². The molecule has 0 aliphatic carbocycles. The maximum atomic E-state index is 11.1. The van der Waals surface area contributed by atoms with Gasteiger partial charge < -0.3 is 9.52 Å². The molecule has 0 aliphatic rings. The van der Waals surface area contributed by atoms with Gasteiger partial charge in [-0.15, -0.1) is 0 Å². The van der Waals surface area contributed by atoms with Crippen molar-refractivity contribution < 1.29 is 14.3 Å². The first kappa shape index (κ1) is 9.98. The van der Waals surface area contributed by atoms with Gasteiger partial charge in [0.1, 0.15) is 5.58 Å². The molecule has 4 heteroatoms. The lowest BCUT2D eigenvalue weighted by Gasteiger charge is -1.91. The van der Waals surface area contributed by atoms with Gasteiger partial charge in [-0.1, -0.05) is 12.1 Å². The fourth-order valence-electron chi connectivity index (χ4n) is 1.03. The number of hydrogen-bond acceptors (Lipinski definition) is 3. The monoisotopic (exact) mass is 192 g/mol. The number of para-hydroxylation sites is 1. The third-order valence-corrected chi connectivity index (χ3v) is 1.57. The summed E-state index contributed by atoms with van der Waals surface area (Å²) in [6.45, 7) is -0.250. The smallest absolute Gasteiger partial charge is 0.290 e. The molecule has 0 saturated carbocycles. The molecular formula is C10H8O4. The Morgan fingerprint density at radius 1 is 1.21 bits per heavy atom. The molecule has 0 radical (unpaired) electrons. The predicted octanol–water partition coefficient (Wildman–Crippen LogP) is 1.49. The highest BCUT2D eigenvalue weighted by atomic mass is 16.3. The highest BCUT2D eigenvalue weighted by Gasteiger charge is 1.95. The van der Waals surface area contributed by atoms with E-state index < -0.39 is 0 Å². The molecule has 0 amide bonds. The van der Waals surface area contributed by atoms with Gasteiger partial charge in [0.15, 0.2) is 5.43 Å². The third kappa shape index (κ3) is 2.20. The topological polar surface area (TPSA) is 67.5 Å². The molecule has 2 rings (SSSR count). The molecule has 0 aliphatic heterocycles. The Hall–Kier alpha value is -2.10. The standard InChI is InChI=1S/C9H6O2.CH2O2/c10-8-5-6-11-9-4-2-1-3-7(8)9;2-1-3/h1-6H;1H,(H,2,3). The van der Waals surface area contributed by atoms with Crippen LogP contribution < -0.4 is 5.43 Å². The van der Waals surface area contributed by atoms with Crippen molar-refractivity contribution in [1.82, 2.24) is 0 Å². The average Bonchev–Trinajstić information content (AvgIpc) is 2.20. The second-order valence-corrected chi connectivity index (χ2v) is 2.39. The summed E-state index contributed by atoms with van der Waals surface area (Å²) < 4.78 is 5.09. The van der Waals surface area contributed by atoms with Crippen LogP contribution in [0.3, 0.4) is 0 Å². The second-order valence-electron chi connectivity index (χ2n) is 2.39. The summed E-state index contributed by atoms with van der Waals surface area (Å²) in [7, 11) is 0. The molecule has 1 N–H and O–H groups in total. The molecule has 1 aromatic heterocycles. The van der Waals surface area contributed by atoms with Crippen molar-refractivity contribution in [2.24, 2.45) is 0 Å². The largest absolute Gasteiger partial charge is 0.483 e. The van der Waals surface area contributed by atoms with E-state index in [0.29, 0.717) is 11.0 Å². The Labute approximate surface area is 79.4 Å². The van der Waals surface area contributed by atoms with Gasteiger partial charge in [-0.25, -0.2) is 0 Å². The summed E-state index contributed by atoms with van der Waals surface area (Å²) in [4.78, 5) is 19.5. The normalized spacial score (nSPS) is 8.86. The van der Waals surface area contributed by atoms with E-state index in [9.17, 15) is 4.79 Å². The van der Waals surface area contributed by atoms with Crippen molar-refractivity contribution in [3.05, 3.63) is 46.8 Å². The Kier molecular flexibility index (Phi) is 3.43. The van der Waals surface area contributed by atoms with E-state index >= 15 is 0 Å². The predicted molar refractivity (Wildman–Crippen MR) is 51.2 cm³/mol. The van der Waals surface area contributed by atoms with Crippen LogP contribution in [0.25, 0.3) is 11.0 Å². The maximum Gasteiger partial charge on any atom is 0.290 e. The highest BCUT2D eigenvalue weighted by molar-refractivity contribution is 5.75. The maximum absolute atomic E-state index is 11.1. The van der Waals surface area contributed by atoms with E-state index in [2.05, 4.69) is 0 Å². The molecule has 0 atom stereocenters. The second kappa shape index (κ2) is 4.81. The lowest BCUT2D eigenvalue weighted by atomic mass is 10.2. The zero-order valence-electron chi connectivity index (χ0n) is 7.21. The fourth-order valence-corrected chi connectivity index (χ4v) is 1.03. The summed E-state index contributed by atoms with van der Waals surface area (Å²) in [6.07, 6.45) is 1.41. The van der Waals surface area contributed by atoms with Gasteiger partial charge in [0.2, 0.25) is 0 Å². The minimum Gasteiger partial charge on any atom is -0.483 e. The van der Waals surface area contributed by atoms with Crippen LogP contribution in [0.15, 0.2) is 45.8 Å². The van der Waals surface area contributed by atoms with Gasteiger partial charge in [0.05, 0.1) is 11.6 Å². The van der Waals surface area contributed by atoms with E-state index in [0.717, 1.165) is 0 Å². The Balaban J connectivity index is 0.000000293. The van der Waals surface area contributed by atoms with Crippen LogP contribution in [0.2, 0.25) is 0 Å². The van der Waals surface area contributed by atoms with Gasteiger partial charge in [-0.05, 0) is 12.1 Å². The molecule has 0 unspecified atom stereocenters. The summed E-state index contributed by atoms with van der Waals surface area (Å²) in [5, 5.41) is 7.52. The van der Waals surface area contributed by atoms with Crippen LogP contribution in [0.4, 0.5) is 0 Å². The van der Waals surface area contributed by atoms with Gasteiger partial charge in [-0.3, -0.25) is 9.59 Å². The van der Waals surface area contributed by atoms with Crippen LogP contribution in [-0.4, -0.2) is 11.6 Å². The Morgan fingerprint density at radius 2 is 1.86 bits per heavy atom. The van der Waals surface area contributed by atoms with Gasteiger partial charge in [0.25, 0.3) is 6.47 Å². The molecule has 4 nitrogen and oxygen atoms in total. The summed E-state index contributed by atoms with van der Waals surface area (Å²) >= 11 is 0. The van der Waals surface area contributed by atoms with E-state index in [1.165, 1.54) is 12.3 Å². The van der Waals surface area contributed by atoms with Crippen molar-refractivity contribution in [3.63, 3.8) is 0 Å². The molecule has 0 saturated heterocycles. The summed E-state index contributed by atoms with van der Waals surface area (Å²) in [6, 6.07) is 8.60. The summed E-state index contributed by atoms with van der Waals surface area (Å²) in [5.41, 5.74) is 0.645. The number of carbonyl (C=O) groups is 1. The van der Waals surface area contributed by atoms with Crippen molar-refractivity contribution in [2.45, 2.75) is 0 Å². The lowest BCUT2D eigenvalue weighted by molar-refractivity contribution is -0.122. The molecule has 0 bridgehead atoms. The van der Waals surface area contributed by atoms with Crippen molar-refractivity contribution in [1.29, 1.82) is 0 Å². The van der Waals surface area contributed by atoms with Crippen molar-refractivity contribution in [2.75, 3.05) is 0 Å². The quantitative estimate of drug-likeness (QED) is 0.642. The number of rotatable bonds is 0. The Bertz CT molecular complexity index is 467. The van der Waals surface area contributed by atoms with Crippen LogP contribution in [0.5, 0.6) is 0 Å². The van der Waals surface area contributed by atoms with E-state index in [1.807, 2.05) is 12.1 Å². The van der Waals surface area contributed by atoms with E-state index in [1.54, 1.807) is 12.1 Å². The Morgan fingerprint density at radius 3 is 2.50 bits per heavy atom. The van der Waals surface area contributed by atoms with Gasteiger partial charge >= 0.3 is 0 Å². The number of benzene rings is 1. The molecule has 72 valence electrons. The van der Waals surface area contributed by atoms with Crippen LogP contribution in [-0.2, 0) is 4.79 Å². The minimum absolute atomic E-state index is 0.00634. The number of hydrogen-bond donors (Lipinski definition) is 1. The first-order chi connectivity index (χ1) is 6.79. The highest BCUT2D eigenvalue weighted by Crippen LogP contribution is 2.06. The molecule has 1 heterocycles. The van der Waals surface area contributed by atoms with Crippen molar-refractivity contribution in [3.8, 4) is 0 Å². The van der Waals surface area contributed by atoms with Gasteiger partial charge in [0, 0.05) is 6.07 Å². The molecule has 0 spiro atoms. The zero-order valence-corrected chi connectivity index (χ0v) is 7.21. The molecular weight excluding hydrogens is 184 g/mol. The van der Waals surface area contributed by atoms with E-state index in [4.69, 9.17) is 14.3 Å². The number of carboxylic acid groups (broad SMARTS) is 1. The van der Waals surface area contributed by atoms with Crippen LogP contribution >= 0.6 is 0 Å². The first-order valence-electron chi connectivity index (χ1n) is 3.84. The fraction of sp³-hybridized carbons (Fsp3) is 0. The first-order valence-corrected chi connectivity index (χ1v) is 3.84. The average molecular weight is 192 g/mol. The number of fused-ring (bicyclic) bond motifs is 1. The molecule has 14 heavy (non-hydrogen) atoms.